The first-order valence-corrected chi connectivity index (χ1v) is 7.06. The minimum Gasteiger partial charge on any atom is -0.375 e. The molecular weight excluding hydrogens is 275 g/mol. The van der Waals surface area contributed by atoms with Gasteiger partial charge in [-0.3, -0.25) is 10.2 Å². The number of nitrogens with one attached hydrogen (secondary N) is 1. The van der Waals surface area contributed by atoms with E-state index in [1.807, 2.05) is 19.3 Å². The summed E-state index contributed by atoms with van der Waals surface area (Å²) in [7, 11) is 0. The van der Waals surface area contributed by atoms with Gasteiger partial charge in [-0.25, -0.2) is 10.2 Å². The lowest BCUT2D eigenvalue weighted by molar-refractivity contribution is -0.106. The highest BCUT2D eigenvalue weighted by atomic mass is 19.1. The van der Waals surface area contributed by atoms with Gasteiger partial charge in [0.15, 0.2) is 0 Å². The number of hydrogen-bond donors (Lipinski definition) is 2. The van der Waals surface area contributed by atoms with Crippen LogP contribution in [0.3, 0.4) is 0 Å². The summed E-state index contributed by atoms with van der Waals surface area (Å²) in [4.78, 5) is 11.5. The average molecular weight is 296 g/mol. The Bertz CT molecular complexity index is 500. The summed E-state index contributed by atoms with van der Waals surface area (Å²) in [5.74, 6) is 4.23. The molecule has 0 spiro atoms. The number of amides is 1. The van der Waals surface area contributed by atoms with Crippen LogP contribution in [0.2, 0.25) is 0 Å². The number of halogens is 1. The summed E-state index contributed by atoms with van der Waals surface area (Å²) in [6, 6.07) is 4.10. The molecule has 21 heavy (non-hydrogen) atoms. The van der Waals surface area contributed by atoms with Crippen LogP contribution in [-0.4, -0.2) is 24.2 Å². The van der Waals surface area contributed by atoms with Crippen molar-refractivity contribution in [1.29, 1.82) is 0 Å². The van der Waals surface area contributed by atoms with Crippen LogP contribution in [0.1, 0.15) is 42.6 Å². The lowest BCUT2D eigenvalue weighted by atomic mass is 10.0. The number of ether oxygens (including phenoxy) is 2. The zero-order valence-electron chi connectivity index (χ0n) is 12.3. The maximum Gasteiger partial charge on any atom is 0.265 e. The van der Waals surface area contributed by atoms with Crippen molar-refractivity contribution in [3.63, 3.8) is 0 Å². The summed E-state index contributed by atoms with van der Waals surface area (Å²) in [5, 5.41) is 0. The minimum atomic E-state index is -0.454. The Hall–Kier alpha value is -1.50. The van der Waals surface area contributed by atoms with Gasteiger partial charge in [-0.15, -0.1) is 0 Å². The van der Waals surface area contributed by atoms with Crippen LogP contribution in [0.5, 0.6) is 0 Å². The van der Waals surface area contributed by atoms with Crippen molar-refractivity contribution in [1.82, 2.24) is 5.43 Å². The summed E-state index contributed by atoms with van der Waals surface area (Å²) in [5.41, 5.74) is 2.69. The van der Waals surface area contributed by atoms with Crippen LogP contribution in [0.25, 0.3) is 0 Å². The van der Waals surface area contributed by atoms with E-state index in [-0.39, 0.29) is 24.9 Å². The molecule has 1 aromatic rings. The van der Waals surface area contributed by atoms with E-state index in [2.05, 4.69) is 0 Å². The number of nitrogens with two attached hydrogens (primary N) is 1. The van der Waals surface area contributed by atoms with E-state index in [0.717, 1.165) is 12.8 Å². The van der Waals surface area contributed by atoms with Gasteiger partial charge in [-0.05, 0) is 44.9 Å². The molecule has 0 aromatic heterocycles. The van der Waals surface area contributed by atoms with Crippen LogP contribution >= 0.6 is 0 Å². The van der Waals surface area contributed by atoms with E-state index in [4.69, 9.17) is 15.3 Å². The molecule has 1 amide bonds. The highest BCUT2D eigenvalue weighted by Gasteiger charge is 2.25. The summed E-state index contributed by atoms with van der Waals surface area (Å²) < 4.78 is 25.2. The molecule has 6 heteroatoms. The third-order valence-corrected chi connectivity index (χ3v) is 3.57. The van der Waals surface area contributed by atoms with Crippen LogP contribution in [0.4, 0.5) is 4.39 Å². The van der Waals surface area contributed by atoms with Crippen molar-refractivity contribution < 1.29 is 18.7 Å². The quantitative estimate of drug-likeness (QED) is 0.505. The Morgan fingerprint density at radius 1 is 1.43 bits per heavy atom. The third kappa shape index (κ3) is 4.23. The fourth-order valence-electron chi connectivity index (χ4n) is 2.60. The van der Waals surface area contributed by atoms with E-state index in [1.54, 1.807) is 0 Å². The monoisotopic (exact) mass is 296 g/mol. The molecule has 0 saturated carbocycles. The Morgan fingerprint density at radius 2 is 2.10 bits per heavy atom. The molecule has 0 aliphatic carbocycles. The molecule has 1 aliphatic heterocycles. The van der Waals surface area contributed by atoms with Crippen LogP contribution in [0, 0.1) is 5.82 Å². The molecule has 0 bridgehead atoms. The van der Waals surface area contributed by atoms with E-state index >= 15 is 0 Å². The Morgan fingerprint density at radius 3 is 2.71 bits per heavy atom. The molecule has 1 heterocycles. The molecular formula is C15H21FN2O3. The van der Waals surface area contributed by atoms with Crippen molar-refractivity contribution in [3.05, 3.63) is 35.1 Å². The molecule has 2 atom stereocenters. The zero-order chi connectivity index (χ0) is 15.4. The Kier molecular flexibility index (Phi) is 5.27. The van der Waals surface area contributed by atoms with Gasteiger partial charge in [0.2, 0.25) is 0 Å². The number of benzene rings is 1. The zero-order valence-corrected chi connectivity index (χ0v) is 12.3. The maximum atomic E-state index is 13.8. The largest absolute Gasteiger partial charge is 0.375 e. The van der Waals surface area contributed by atoms with E-state index in [1.165, 1.54) is 18.2 Å². The van der Waals surface area contributed by atoms with Gasteiger partial charge in [0, 0.05) is 11.1 Å². The lowest BCUT2D eigenvalue weighted by Gasteiger charge is -2.32. The number of hydrazine groups is 1. The fraction of sp³-hybridized carbons (Fsp3) is 0.533. The van der Waals surface area contributed by atoms with Crippen LogP contribution in [0.15, 0.2) is 18.2 Å². The SMILES string of the molecule is CC1CC(OCc2cc(C(=O)NN)ccc2F)CC(C)O1. The maximum absolute atomic E-state index is 13.8. The van der Waals surface area contributed by atoms with E-state index in [9.17, 15) is 9.18 Å². The van der Waals surface area contributed by atoms with Gasteiger partial charge in [0.25, 0.3) is 5.91 Å². The van der Waals surface area contributed by atoms with Crippen molar-refractivity contribution >= 4 is 5.91 Å². The first-order valence-electron chi connectivity index (χ1n) is 7.06. The summed E-state index contributed by atoms with van der Waals surface area (Å²) >= 11 is 0. The van der Waals surface area contributed by atoms with Crippen molar-refractivity contribution in [2.75, 3.05) is 0 Å². The van der Waals surface area contributed by atoms with Crippen LogP contribution < -0.4 is 11.3 Å². The molecule has 1 aromatic carbocycles. The standard InChI is InChI=1S/C15H21FN2O3/c1-9-5-13(6-10(2)21-9)20-8-12-7-11(15(19)18-17)3-4-14(12)16/h3-4,7,9-10,13H,5-6,8,17H2,1-2H3,(H,18,19). The normalized spacial score (nSPS) is 25.6. The van der Waals surface area contributed by atoms with Gasteiger partial charge in [-0.1, -0.05) is 0 Å². The predicted octanol–water partition coefficient (Wildman–Crippen LogP) is 1.90. The second-order valence-corrected chi connectivity index (χ2v) is 5.44. The second kappa shape index (κ2) is 6.98. The van der Waals surface area contributed by atoms with Crippen LogP contribution in [-0.2, 0) is 16.1 Å². The van der Waals surface area contributed by atoms with Crippen molar-refractivity contribution in [3.8, 4) is 0 Å². The summed E-state index contributed by atoms with van der Waals surface area (Å²) in [6.07, 6.45) is 1.88. The minimum absolute atomic E-state index is 0.0372. The lowest BCUT2D eigenvalue weighted by Crippen LogP contribution is -2.34. The number of carbonyl (C=O) groups excluding carboxylic acids is 1. The molecule has 116 valence electrons. The molecule has 1 saturated heterocycles. The first-order chi connectivity index (χ1) is 9.99. The third-order valence-electron chi connectivity index (χ3n) is 3.57. The van der Waals surface area contributed by atoms with Gasteiger partial charge in [0.1, 0.15) is 5.82 Å². The number of rotatable bonds is 4. The van der Waals surface area contributed by atoms with Gasteiger partial charge < -0.3 is 9.47 Å². The van der Waals surface area contributed by atoms with Crippen molar-refractivity contribution in [2.45, 2.75) is 51.6 Å². The molecule has 2 rings (SSSR count). The number of carbonyl (C=O) groups is 1. The number of nitrogen functional groups attached to an aromatic ring is 1. The number of hydrogen-bond acceptors (Lipinski definition) is 4. The predicted molar refractivity (Wildman–Crippen MR) is 75.9 cm³/mol. The fourth-order valence-corrected chi connectivity index (χ4v) is 2.60. The van der Waals surface area contributed by atoms with Gasteiger partial charge >= 0.3 is 0 Å². The van der Waals surface area contributed by atoms with E-state index in [0.29, 0.717) is 11.1 Å². The second-order valence-electron chi connectivity index (χ2n) is 5.44. The van der Waals surface area contributed by atoms with E-state index < -0.39 is 11.7 Å². The molecule has 3 N–H and O–H groups in total. The smallest absolute Gasteiger partial charge is 0.265 e. The highest BCUT2D eigenvalue weighted by Crippen LogP contribution is 2.23. The van der Waals surface area contributed by atoms with Crippen molar-refractivity contribution in [2.24, 2.45) is 5.84 Å². The molecule has 1 fully saturated rings. The van der Waals surface area contributed by atoms with Gasteiger partial charge in [0.05, 0.1) is 24.9 Å². The molecule has 2 unspecified atom stereocenters. The first kappa shape index (κ1) is 15.9. The molecule has 5 nitrogen and oxygen atoms in total. The Labute approximate surface area is 123 Å². The molecule has 0 radical (unpaired) electrons. The topological polar surface area (TPSA) is 73.6 Å². The highest BCUT2D eigenvalue weighted by molar-refractivity contribution is 5.93. The molecule has 1 aliphatic rings. The average Bonchev–Trinajstić information content (AvgIpc) is 2.44. The summed E-state index contributed by atoms with van der Waals surface area (Å²) in [6.45, 7) is 4.12. The Balaban J connectivity index is 2.00. The van der Waals surface area contributed by atoms with Gasteiger partial charge in [-0.2, -0.15) is 0 Å².